The number of hydrogen-bond acceptors (Lipinski definition) is 6. The molecule has 0 fully saturated rings. The van der Waals surface area contributed by atoms with Gasteiger partial charge in [0, 0.05) is 32.9 Å². The van der Waals surface area contributed by atoms with Gasteiger partial charge in [-0.15, -0.1) is 0 Å². The van der Waals surface area contributed by atoms with E-state index in [4.69, 9.17) is 9.84 Å². The Labute approximate surface area is 114 Å². The van der Waals surface area contributed by atoms with E-state index in [1.807, 2.05) is 13.0 Å². The van der Waals surface area contributed by atoms with E-state index in [1.165, 1.54) is 0 Å². The van der Waals surface area contributed by atoms with Gasteiger partial charge in [-0.3, -0.25) is 0 Å². The highest BCUT2D eigenvalue weighted by molar-refractivity contribution is 5.47. The zero-order valence-electron chi connectivity index (χ0n) is 11.9. The predicted octanol–water partition coefficient (Wildman–Crippen LogP) is 1.49. The fourth-order valence-corrected chi connectivity index (χ4v) is 1.65. The van der Waals surface area contributed by atoms with Crippen molar-refractivity contribution < 1.29 is 9.84 Å². The summed E-state index contributed by atoms with van der Waals surface area (Å²) in [4.78, 5) is 8.74. The molecule has 0 aliphatic rings. The number of aromatic nitrogens is 2. The molecule has 6 heteroatoms. The largest absolute Gasteiger partial charge is 0.396 e. The van der Waals surface area contributed by atoms with E-state index in [1.54, 1.807) is 7.11 Å². The van der Waals surface area contributed by atoms with Gasteiger partial charge in [-0.2, -0.15) is 0 Å². The van der Waals surface area contributed by atoms with Gasteiger partial charge in [-0.05, 0) is 19.3 Å². The fourth-order valence-electron chi connectivity index (χ4n) is 1.65. The average Bonchev–Trinajstić information content (AvgIpc) is 2.37. The van der Waals surface area contributed by atoms with Crippen molar-refractivity contribution in [3.05, 3.63) is 11.9 Å². The van der Waals surface area contributed by atoms with Gasteiger partial charge in [0.15, 0.2) is 5.82 Å². The fraction of sp³-hybridized carbons (Fsp3) is 0.692. The molecule has 0 aliphatic heterocycles. The van der Waals surface area contributed by atoms with E-state index in [9.17, 15) is 0 Å². The Bertz CT molecular complexity index is 349. The number of anilines is 2. The van der Waals surface area contributed by atoms with Crippen molar-refractivity contribution >= 4 is 11.6 Å². The topological polar surface area (TPSA) is 79.3 Å². The second-order valence-electron chi connectivity index (χ2n) is 4.52. The number of rotatable bonds is 9. The Balaban J connectivity index is 2.69. The molecule has 1 heterocycles. The third-order valence-corrected chi connectivity index (χ3v) is 2.66. The Morgan fingerprint density at radius 1 is 1.32 bits per heavy atom. The van der Waals surface area contributed by atoms with E-state index < -0.39 is 0 Å². The van der Waals surface area contributed by atoms with Gasteiger partial charge in [0.2, 0.25) is 0 Å². The maximum atomic E-state index is 8.88. The van der Waals surface area contributed by atoms with Crippen LogP contribution in [0.2, 0.25) is 0 Å². The third-order valence-electron chi connectivity index (χ3n) is 2.66. The lowest BCUT2D eigenvalue weighted by Gasteiger charge is -2.13. The standard InChI is InChI=1S/C13H24N4O2/c1-4-14-11-7-12(15-8-10(2)5-6-18)17-13(16-11)9-19-3/h7,10,18H,4-6,8-9H2,1-3H3,(H2,14,15,16,17). The highest BCUT2D eigenvalue weighted by Crippen LogP contribution is 2.13. The molecule has 0 amide bonds. The van der Waals surface area contributed by atoms with Crippen molar-refractivity contribution in [3.8, 4) is 0 Å². The second kappa shape index (κ2) is 8.66. The molecule has 0 radical (unpaired) electrons. The monoisotopic (exact) mass is 268 g/mol. The summed E-state index contributed by atoms with van der Waals surface area (Å²) in [5, 5.41) is 15.3. The van der Waals surface area contributed by atoms with Crippen molar-refractivity contribution in [2.24, 2.45) is 5.92 Å². The molecule has 19 heavy (non-hydrogen) atoms. The molecule has 108 valence electrons. The number of ether oxygens (including phenoxy) is 1. The van der Waals surface area contributed by atoms with Crippen LogP contribution in [0.5, 0.6) is 0 Å². The van der Waals surface area contributed by atoms with E-state index in [-0.39, 0.29) is 6.61 Å². The van der Waals surface area contributed by atoms with Gasteiger partial charge in [0.25, 0.3) is 0 Å². The molecule has 0 saturated heterocycles. The highest BCUT2D eigenvalue weighted by atomic mass is 16.5. The normalized spacial score (nSPS) is 12.2. The van der Waals surface area contributed by atoms with E-state index in [0.717, 1.165) is 31.1 Å². The number of methoxy groups -OCH3 is 1. The van der Waals surface area contributed by atoms with Crippen LogP contribution >= 0.6 is 0 Å². The van der Waals surface area contributed by atoms with Crippen LogP contribution in [-0.2, 0) is 11.3 Å². The molecule has 0 bridgehead atoms. The number of nitrogens with zero attached hydrogens (tertiary/aromatic N) is 2. The summed E-state index contributed by atoms with van der Waals surface area (Å²) in [5.74, 6) is 2.62. The first-order valence-electron chi connectivity index (χ1n) is 6.65. The molecule has 0 saturated carbocycles. The van der Waals surface area contributed by atoms with Gasteiger partial charge in [0.05, 0.1) is 0 Å². The van der Waals surface area contributed by atoms with Crippen molar-refractivity contribution in [3.63, 3.8) is 0 Å². The summed E-state index contributed by atoms with van der Waals surface area (Å²) in [6, 6.07) is 1.88. The molecule has 0 aromatic carbocycles. The van der Waals surface area contributed by atoms with Crippen LogP contribution in [0.15, 0.2) is 6.07 Å². The van der Waals surface area contributed by atoms with E-state index in [2.05, 4.69) is 27.5 Å². The smallest absolute Gasteiger partial charge is 0.158 e. The number of aliphatic hydroxyl groups excluding tert-OH is 1. The maximum Gasteiger partial charge on any atom is 0.158 e. The second-order valence-corrected chi connectivity index (χ2v) is 4.52. The maximum absolute atomic E-state index is 8.88. The first kappa shape index (κ1) is 15.7. The zero-order valence-corrected chi connectivity index (χ0v) is 11.9. The van der Waals surface area contributed by atoms with Crippen molar-refractivity contribution in [2.75, 3.05) is 37.4 Å². The Kier molecular flexibility index (Phi) is 7.14. The molecule has 1 rings (SSSR count). The predicted molar refractivity (Wildman–Crippen MR) is 76.3 cm³/mol. The molecule has 0 spiro atoms. The molecule has 1 aromatic rings. The number of aliphatic hydroxyl groups is 1. The molecular weight excluding hydrogens is 244 g/mol. The van der Waals surface area contributed by atoms with Crippen LogP contribution in [0.25, 0.3) is 0 Å². The van der Waals surface area contributed by atoms with Crippen molar-refractivity contribution in [2.45, 2.75) is 26.9 Å². The summed E-state index contributed by atoms with van der Waals surface area (Å²) in [7, 11) is 1.62. The Morgan fingerprint density at radius 3 is 2.58 bits per heavy atom. The van der Waals surface area contributed by atoms with Crippen molar-refractivity contribution in [1.29, 1.82) is 0 Å². The van der Waals surface area contributed by atoms with Crippen LogP contribution in [0, 0.1) is 5.92 Å². The lowest BCUT2D eigenvalue weighted by atomic mass is 10.1. The van der Waals surface area contributed by atoms with E-state index in [0.29, 0.717) is 18.3 Å². The summed E-state index contributed by atoms with van der Waals surface area (Å²) < 4.78 is 5.07. The van der Waals surface area contributed by atoms with E-state index >= 15 is 0 Å². The van der Waals surface area contributed by atoms with Crippen LogP contribution in [0.3, 0.4) is 0 Å². The molecule has 1 unspecified atom stereocenters. The number of nitrogens with one attached hydrogen (secondary N) is 2. The molecule has 3 N–H and O–H groups in total. The zero-order chi connectivity index (χ0) is 14.1. The SMILES string of the molecule is CCNc1cc(NCC(C)CCO)nc(COC)n1. The van der Waals surface area contributed by atoms with Crippen molar-refractivity contribution in [1.82, 2.24) is 9.97 Å². The summed E-state index contributed by atoms with van der Waals surface area (Å²) in [6.07, 6.45) is 0.781. The van der Waals surface area contributed by atoms with Gasteiger partial charge in [0.1, 0.15) is 18.2 Å². The first-order chi connectivity index (χ1) is 9.19. The minimum Gasteiger partial charge on any atom is -0.396 e. The van der Waals surface area contributed by atoms with Gasteiger partial charge < -0.3 is 20.5 Å². The summed E-state index contributed by atoms with van der Waals surface area (Å²) in [6.45, 7) is 6.30. The van der Waals surface area contributed by atoms with Crippen LogP contribution < -0.4 is 10.6 Å². The highest BCUT2D eigenvalue weighted by Gasteiger charge is 2.06. The van der Waals surface area contributed by atoms with Gasteiger partial charge in [-0.1, -0.05) is 6.92 Å². The third kappa shape index (κ3) is 5.85. The molecule has 0 aliphatic carbocycles. The van der Waals surface area contributed by atoms with Gasteiger partial charge in [-0.25, -0.2) is 9.97 Å². The summed E-state index contributed by atoms with van der Waals surface area (Å²) >= 11 is 0. The average molecular weight is 268 g/mol. The minimum atomic E-state index is 0.212. The van der Waals surface area contributed by atoms with Gasteiger partial charge >= 0.3 is 0 Å². The molecule has 1 aromatic heterocycles. The Morgan fingerprint density at radius 2 is 2.00 bits per heavy atom. The number of hydrogen-bond donors (Lipinski definition) is 3. The first-order valence-corrected chi connectivity index (χ1v) is 6.65. The van der Waals surface area contributed by atoms with Crippen LogP contribution in [-0.4, -0.2) is 41.9 Å². The minimum absolute atomic E-state index is 0.212. The lowest BCUT2D eigenvalue weighted by Crippen LogP contribution is -2.15. The quantitative estimate of drug-likeness (QED) is 0.629. The lowest BCUT2D eigenvalue weighted by molar-refractivity contribution is 0.178. The molecular formula is C13H24N4O2. The van der Waals surface area contributed by atoms with Crippen LogP contribution in [0.4, 0.5) is 11.6 Å². The molecule has 1 atom stereocenters. The summed E-state index contributed by atoms with van der Waals surface area (Å²) in [5.41, 5.74) is 0. The van der Waals surface area contributed by atoms with Crippen LogP contribution in [0.1, 0.15) is 26.1 Å². The Hall–Kier alpha value is -1.40. The molecule has 6 nitrogen and oxygen atoms in total.